The fraction of sp³-hybridized carbons (Fsp3) is 0.360. The minimum atomic E-state index is -4.43. The lowest BCUT2D eigenvalue weighted by Crippen LogP contribution is -2.60. The molecule has 3 aromatic heterocycles. The Kier molecular flexibility index (Phi) is 5.71. The van der Waals surface area contributed by atoms with Crippen molar-refractivity contribution in [1.29, 1.82) is 0 Å². The van der Waals surface area contributed by atoms with Crippen LogP contribution < -0.4 is 5.32 Å². The highest BCUT2D eigenvalue weighted by molar-refractivity contribution is 5.99. The Labute approximate surface area is 195 Å². The number of pyridine rings is 3. The highest BCUT2D eigenvalue weighted by Gasteiger charge is 2.44. The predicted octanol–water partition coefficient (Wildman–Crippen LogP) is 4.97. The van der Waals surface area contributed by atoms with Gasteiger partial charge in [0.15, 0.2) is 0 Å². The number of nitrogens with zero attached hydrogens (tertiary/aromatic N) is 4. The van der Waals surface area contributed by atoms with Crippen LogP contribution in [0.3, 0.4) is 0 Å². The van der Waals surface area contributed by atoms with Crippen LogP contribution in [0.15, 0.2) is 55.0 Å². The lowest BCUT2D eigenvalue weighted by atomic mass is 9.76. The number of rotatable bonds is 4. The van der Waals surface area contributed by atoms with Crippen molar-refractivity contribution in [2.24, 2.45) is 5.92 Å². The Hall–Kier alpha value is -3.49. The molecule has 34 heavy (non-hydrogen) atoms. The van der Waals surface area contributed by atoms with Crippen LogP contribution in [0.4, 0.5) is 19.0 Å². The fourth-order valence-corrected chi connectivity index (χ4v) is 5.01. The van der Waals surface area contributed by atoms with Crippen LogP contribution in [0.1, 0.15) is 40.9 Å². The van der Waals surface area contributed by atoms with Crippen LogP contribution in [0.5, 0.6) is 0 Å². The van der Waals surface area contributed by atoms with E-state index in [-0.39, 0.29) is 18.0 Å². The van der Waals surface area contributed by atoms with Gasteiger partial charge >= 0.3 is 6.18 Å². The maximum atomic E-state index is 13.7. The van der Waals surface area contributed by atoms with Gasteiger partial charge in [-0.25, -0.2) is 4.98 Å². The van der Waals surface area contributed by atoms with Gasteiger partial charge in [0, 0.05) is 36.7 Å². The first-order valence-corrected chi connectivity index (χ1v) is 11.3. The number of nitrogens with one attached hydrogen (secondary N) is 1. The largest absolute Gasteiger partial charge is 0.417 e. The first-order valence-electron chi connectivity index (χ1n) is 11.3. The van der Waals surface area contributed by atoms with Crippen molar-refractivity contribution in [1.82, 2.24) is 19.9 Å². The summed E-state index contributed by atoms with van der Waals surface area (Å²) in [6, 6.07) is 9.66. The highest BCUT2D eigenvalue weighted by atomic mass is 19.4. The number of carbonyl (C=O) groups is 1. The zero-order valence-corrected chi connectivity index (χ0v) is 18.6. The van der Waals surface area contributed by atoms with Gasteiger partial charge < -0.3 is 10.2 Å². The molecule has 2 aliphatic heterocycles. The minimum Gasteiger partial charge on any atom is -0.365 e. The first-order chi connectivity index (χ1) is 16.3. The van der Waals surface area contributed by atoms with Crippen molar-refractivity contribution in [2.45, 2.75) is 44.4 Å². The maximum absolute atomic E-state index is 13.7. The standard InChI is InChI=1S/C25H24F3N5O/c1-15-10-18(19-4-2-3-9-29-19)23(31-12-15)24(34)33-14-16-5-7-21(33)20(11-16)32-22-8-6-17(13-30-22)25(26,27)28/h2-4,6,8-10,12-13,16,20-21H,5,7,11,14H2,1H3,(H,30,32). The molecule has 3 aromatic rings. The van der Waals surface area contributed by atoms with Crippen LogP contribution in [-0.2, 0) is 6.18 Å². The smallest absolute Gasteiger partial charge is 0.365 e. The van der Waals surface area contributed by atoms with Gasteiger partial charge in [0.05, 0.1) is 17.3 Å². The number of halogens is 3. The molecule has 3 unspecified atom stereocenters. The Morgan fingerprint density at radius 1 is 1.09 bits per heavy atom. The van der Waals surface area contributed by atoms with Crippen LogP contribution in [0.2, 0.25) is 0 Å². The van der Waals surface area contributed by atoms with Gasteiger partial charge in [0.1, 0.15) is 11.5 Å². The number of hydrogen-bond acceptors (Lipinski definition) is 5. The molecule has 176 valence electrons. The molecule has 1 N–H and O–H groups in total. The second kappa shape index (κ2) is 8.70. The molecule has 6 rings (SSSR count). The predicted molar refractivity (Wildman–Crippen MR) is 121 cm³/mol. The van der Waals surface area contributed by atoms with E-state index in [2.05, 4.69) is 20.3 Å². The van der Waals surface area contributed by atoms with Gasteiger partial charge in [-0.15, -0.1) is 0 Å². The topological polar surface area (TPSA) is 71.0 Å². The zero-order valence-electron chi connectivity index (χ0n) is 18.6. The summed E-state index contributed by atoms with van der Waals surface area (Å²) in [5.74, 6) is 0.535. The summed E-state index contributed by atoms with van der Waals surface area (Å²) in [4.78, 5) is 28.4. The van der Waals surface area contributed by atoms with Crippen LogP contribution in [0.25, 0.3) is 11.3 Å². The molecule has 0 radical (unpaired) electrons. The van der Waals surface area contributed by atoms with E-state index in [1.165, 1.54) is 6.07 Å². The highest BCUT2D eigenvalue weighted by Crippen LogP contribution is 2.38. The SMILES string of the molecule is Cc1cnc(C(=O)N2CC3CCC2C(Nc2ccc(C(F)(F)F)cn2)C3)c(-c2ccccn2)c1. The monoisotopic (exact) mass is 467 g/mol. The Bertz CT molecular complexity index is 1180. The number of amides is 1. The van der Waals surface area contributed by atoms with Crippen LogP contribution >= 0.6 is 0 Å². The van der Waals surface area contributed by atoms with Crippen molar-refractivity contribution in [3.8, 4) is 11.3 Å². The van der Waals surface area contributed by atoms with Gasteiger partial charge in [-0.1, -0.05) is 6.07 Å². The number of piperidine rings is 2. The van der Waals surface area contributed by atoms with Gasteiger partial charge in [0.25, 0.3) is 5.91 Å². The summed E-state index contributed by atoms with van der Waals surface area (Å²) in [6.45, 7) is 2.56. The number of carbonyl (C=O) groups excluding carboxylic acids is 1. The Morgan fingerprint density at radius 2 is 1.94 bits per heavy atom. The van der Waals surface area contributed by atoms with E-state index in [1.54, 1.807) is 12.4 Å². The van der Waals surface area contributed by atoms with Gasteiger partial charge in [-0.3, -0.25) is 14.8 Å². The Balaban J connectivity index is 1.40. The Morgan fingerprint density at radius 3 is 2.62 bits per heavy atom. The van der Waals surface area contributed by atoms with Gasteiger partial charge in [0.2, 0.25) is 0 Å². The first kappa shape index (κ1) is 22.3. The van der Waals surface area contributed by atoms with Gasteiger partial charge in [-0.2, -0.15) is 13.2 Å². The normalized spacial score (nSPS) is 22.0. The molecule has 5 heterocycles. The average Bonchev–Trinajstić information content (AvgIpc) is 2.84. The minimum absolute atomic E-state index is 0.0931. The molecular weight excluding hydrogens is 443 g/mol. The van der Waals surface area contributed by atoms with Crippen molar-refractivity contribution < 1.29 is 18.0 Å². The molecule has 3 atom stereocenters. The van der Waals surface area contributed by atoms with E-state index in [1.807, 2.05) is 36.1 Å². The average molecular weight is 467 g/mol. The maximum Gasteiger partial charge on any atom is 0.417 e. The molecular formula is C25H24F3N5O. The quantitative estimate of drug-likeness (QED) is 0.587. The van der Waals surface area contributed by atoms with E-state index in [0.29, 0.717) is 35.2 Å². The fourth-order valence-electron chi connectivity index (χ4n) is 5.01. The summed E-state index contributed by atoms with van der Waals surface area (Å²) in [7, 11) is 0. The van der Waals surface area contributed by atoms with Crippen molar-refractivity contribution >= 4 is 11.7 Å². The second-order valence-electron chi connectivity index (χ2n) is 9.01. The van der Waals surface area contributed by atoms with Crippen molar-refractivity contribution in [3.63, 3.8) is 0 Å². The molecule has 6 nitrogen and oxygen atoms in total. The summed E-state index contributed by atoms with van der Waals surface area (Å²) in [6.07, 6.45) is 2.45. The lowest BCUT2D eigenvalue weighted by molar-refractivity contribution is -0.137. The number of alkyl halides is 3. The van der Waals surface area contributed by atoms with Crippen LogP contribution in [-0.4, -0.2) is 44.4 Å². The second-order valence-corrected chi connectivity index (χ2v) is 9.01. The summed E-state index contributed by atoms with van der Waals surface area (Å²) in [5, 5.41) is 3.28. The number of aromatic nitrogens is 3. The lowest BCUT2D eigenvalue weighted by Gasteiger charge is -2.50. The van der Waals surface area contributed by atoms with E-state index >= 15 is 0 Å². The molecule has 1 aliphatic carbocycles. The summed E-state index contributed by atoms with van der Waals surface area (Å²) in [5.41, 5.74) is 1.90. The third kappa shape index (κ3) is 4.34. The number of anilines is 1. The number of fused-ring (bicyclic) bond motifs is 3. The zero-order chi connectivity index (χ0) is 23.9. The van der Waals surface area contributed by atoms with E-state index < -0.39 is 11.7 Å². The molecule has 3 aliphatic rings. The molecule has 2 bridgehead atoms. The molecule has 1 saturated carbocycles. The third-order valence-corrected chi connectivity index (χ3v) is 6.63. The molecule has 0 aromatic carbocycles. The van der Waals surface area contributed by atoms with Crippen LogP contribution in [0, 0.1) is 12.8 Å². The molecule has 9 heteroatoms. The third-order valence-electron chi connectivity index (χ3n) is 6.63. The van der Waals surface area contributed by atoms with Crippen molar-refractivity contribution in [2.75, 3.05) is 11.9 Å². The van der Waals surface area contributed by atoms with Gasteiger partial charge in [-0.05, 0) is 68.0 Å². The molecule has 2 saturated heterocycles. The summed E-state index contributed by atoms with van der Waals surface area (Å²) < 4.78 is 38.6. The van der Waals surface area contributed by atoms with E-state index in [9.17, 15) is 18.0 Å². The molecule has 0 spiro atoms. The molecule has 3 fully saturated rings. The summed E-state index contributed by atoms with van der Waals surface area (Å²) >= 11 is 0. The molecule has 1 amide bonds. The van der Waals surface area contributed by atoms with Crippen molar-refractivity contribution in [3.05, 3.63) is 71.8 Å². The number of aryl methyl sites for hydroxylation is 1. The van der Waals surface area contributed by atoms with E-state index in [4.69, 9.17) is 0 Å². The number of hydrogen-bond donors (Lipinski definition) is 1. The van der Waals surface area contributed by atoms with E-state index in [0.717, 1.165) is 37.1 Å².